The fourth-order valence-corrected chi connectivity index (χ4v) is 1.72. The van der Waals surface area contributed by atoms with Crippen LogP contribution < -0.4 is 5.32 Å². The number of hydrogen-bond acceptors (Lipinski definition) is 2. The molecule has 0 saturated heterocycles. The van der Waals surface area contributed by atoms with Crippen molar-refractivity contribution >= 4 is 11.4 Å². The van der Waals surface area contributed by atoms with Crippen molar-refractivity contribution in [2.75, 3.05) is 5.32 Å². The number of nitrogens with one attached hydrogen (secondary N) is 1. The molecule has 100 valence electrons. The third-order valence-electron chi connectivity index (χ3n) is 2.68. The van der Waals surface area contributed by atoms with Gasteiger partial charge in [-0.05, 0) is 48.9 Å². The van der Waals surface area contributed by atoms with Crippen LogP contribution >= 0.6 is 0 Å². The second kappa shape index (κ2) is 4.84. The summed E-state index contributed by atoms with van der Waals surface area (Å²) in [6.45, 7) is 1.76. The summed E-state index contributed by atoms with van der Waals surface area (Å²) in [6, 6.07) is 9.60. The van der Waals surface area contributed by atoms with Crippen LogP contribution in [0.1, 0.15) is 11.1 Å². The van der Waals surface area contributed by atoms with Crippen molar-refractivity contribution in [1.29, 1.82) is 0 Å². The molecule has 0 atom stereocenters. The van der Waals surface area contributed by atoms with Gasteiger partial charge in [0.05, 0.1) is 5.56 Å². The highest BCUT2D eigenvalue weighted by atomic mass is 19.4. The number of alkyl halides is 3. The normalized spacial score (nSPS) is 11.4. The van der Waals surface area contributed by atoms with Crippen molar-refractivity contribution in [2.45, 2.75) is 13.1 Å². The van der Waals surface area contributed by atoms with E-state index in [9.17, 15) is 18.3 Å². The molecule has 2 rings (SSSR count). The minimum atomic E-state index is -4.36. The number of rotatable bonds is 2. The van der Waals surface area contributed by atoms with Crippen molar-refractivity contribution in [1.82, 2.24) is 0 Å². The minimum Gasteiger partial charge on any atom is -0.508 e. The maximum Gasteiger partial charge on any atom is 0.416 e. The smallest absolute Gasteiger partial charge is 0.416 e. The molecule has 0 unspecified atom stereocenters. The summed E-state index contributed by atoms with van der Waals surface area (Å²) in [5.41, 5.74) is 1.05. The standard InChI is InChI=1S/C14H12F3NO/c1-9-7-12(19)5-6-13(9)18-11-4-2-3-10(8-11)14(15,16)17/h2-8,18-19H,1H3. The molecule has 2 aromatic rings. The van der Waals surface area contributed by atoms with Crippen LogP contribution in [0.25, 0.3) is 0 Å². The summed E-state index contributed by atoms with van der Waals surface area (Å²) in [5.74, 6) is 0.118. The molecule has 0 amide bonds. The van der Waals surface area contributed by atoms with Gasteiger partial charge in [-0.3, -0.25) is 0 Å². The molecule has 19 heavy (non-hydrogen) atoms. The molecule has 0 aliphatic rings. The number of phenols is 1. The van der Waals surface area contributed by atoms with Gasteiger partial charge < -0.3 is 10.4 Å². The Kier molecular flexibility index (Phi) is 3.38. The van der Waals surface area contributed by atoms with E-state index in [2.05, 4.69) is 5.32 Å². The summed E-state index contributed by atoms with van der Waals surface area (Å²) in [5, 5.41) is 12.2. The SMILES string of the molecule is Cc1cc(O)ccc1Nc1cccc(C(F)(F)F)c1. The van der Waals surface area contributed by atoms with Crippen molar-refractivity contribution in [3.05, 3.63) is 53.6 Å². The number of anilines is 2. The first kappa shape index (κ1) is 13.3. The van der Waals surface area contributed by atoms with Crippen LogP contribution in [0.5, 0.6) is 5.75 Å². The molecule has 0 aliphatic heterocycles. The van der Waals surface area contributed by atoms with Crippen LogP contribution in [-0.2, 0) is 6.18 Å². The quantitative estimate of drug-likeness (QED) is 0.787. The monoisotopic (exact) mass is 267 g/mol. The molecule has 0 aliphatic carbocycles. The number of benzene rings is 2. The first-order valence-corrected chi connectivity index (χ1v) is 5.60. The summed E-state index contributed by atoms with van der Waals surface area (Å²) in [6.07, 6.45) is -4.36. The van der Waals surface area contributed by atoms with Gasteiger partial charge in [0.2, 0.25) is 0 Å². The highest BCUT2D eigenvalue weighted by Crippen LogP contribution is 2.32. The maximum atomic E-state index is 12.6. The van der Waals surface area contributed by atoms with Crippen LogP contribution in [0, 0.1) is 6.92 Å². The molecular formula is C14H12F3NO. The number of aromatic hydroxyl groups is 1. The molecule has 5 heteroatoms. The van der Waals surface area contributed by atoms with Crippen LogP contribution in [0.4, 0.5) is 24.5 Å². The predicted octanol–water partition coefficient (Wildman–Crippen LogP) is 4.46. The first-order chi connectivity index (χ1) is 8.86. The maximum absolute atomic E-state index is 12.6. The van der Waals surface area contributed by atoms with Gasteiger partial charge in [-0.1, -0.05) is 6.07 Å². The molecular weight excluding hydrogens is 255 g/mol. The second-order valence-electron chi connectivity index (χ2n) is 4.20. The van der Waals surface area contributed by atoms with E-state index in [-0.39, 0.29) is 5.75 Å². The average molecular weight is 267 g/mol. The van der Waals surface area contributed by atoms with Gasteiger partial charge in [0.1, 0.15) is 5.75 Å². The average Bonchev–Trinajstić information content (AvgIpc) is 2.32. The van der Waals surface area contributed by atoms with Crippen molar-refractivity contribution in [2.24, 2.45) is 0 Å². The number of aryl methyl sites for hydroxylation is 1. The van der Waals surface area contributed by atoms with Crippen LogP contribution in [-0.4, -0.2) is 5.11 Å². The molecule has 0 aromatic heterocycles. The third kappa shape index (κ3) is 3.19. The predicted molar refractivity (Wildman–Crippen MR) is 67.6 cm³/mol. The van der Waals surface area contributed by atoms with E-state index >= 15 is 0 Å². The Morgan fingerprint density at radius 2 is 1.79 bits per heavy atom. The summed E-state index contributed by atoms with van der Waals surface area (Å²) in [4.78, 5) is 0. The van der Waals surface area contributed by atoms with Gasteiger partial charge in [0.15, 0.2) is 0 Å². The molecule has 0 spiro atoms. The summed E-state index contributed by atoms with van der Waals surface area (Å²) >= 11 is 0. The molecule has 2 N–H and O–H groups in total. The zero-order chi connectivity index (χ0) is 14.0. The Labute approximate surface area is 108 Å². The number of phenolic OH excluding ortho intramolecular Hbond substituents is 1. The zero-order valence-electron chi connectivity index (χ0n) is 10.1. The zero-order valence-corrected chi connectivity index (χ0v) is 10.1. The highest BCUT2D eigenvalue weighted by Gasteiger charge is 2.30. The van der Waals surface area contributed by atoms with Gasteiger partial charge in [-0.15, -0.1) is 0 Å². The molecule has 2 aromatic carbocycles. The Morgan fingerprint density at radius 3 is 2.42 bits per heavy atom. The van der Waals surface area contributed by atoms with Crippen LogP contribution in [0.15, 0.2) is 42.5 Å². The highest BCUT2D eigenvalue weighted by molar-refractivity contribution is 5.64. The van der Waals surface area contributed by atoms with Gasteiger partial charge in [-0.2, -0.15) is 13.2 Å². The lowest BCUT2D eigenvalue weighted by molar-refractivity contribution is -0.137. The largest absolute Gasteiger partial charge is 0.508 e. The molecule has 0 fully saturated rings. The first-order valence-electron chi connectivity index (χ1n) is 5.60. The van der Waals surface area contributed by atoms with E-state index in [4.69, 9.17) is 0 Å². The molecule has 0 radical (unpaired) electrons. The molecule has 0 heterocycles. The van der Waals surface area contributed by atoms with E-state index < -0.39 is 11.7 Å². The summed E-state index contributed by atoms with van der Waals surface area (Å²) < 4.78 is 37.7. The van der Waals surface area contributed by atoms with E-state index in [1.807, 2.05) is 0 Å². The molecule has 0 saturated carbocycles. The molecule has 2 nitrogen and oxygen atoms in total. The van der Waals surface area contributed by atoms with E-state index in [1.54, 1.807) is 19.1 Å². The number of halogens is 3. The Bertz CT molecular complexity index is 593. The lowest BCUT2D eigenvalue weighted by Crippen LogP contribution is -2.05. The van der Waals surface area contributed by atoms with Crippen LogP contribution in [0.2, 0.25) is 0 Å². The Balaban J connectivity index is 2.29. The fraction of sp³-hybridized carbons (Fsp3) is 0.143. The van der Waals surface area contributed by atoms with Crippen molar-refractivity contribution < 1.29 is 18.3 Å². The third-order valence-corrected chi connectivity index (χ3v) is 2.68. The van der Waals surface area contributed by atoms with E-state index in [1.165, 1.54) is 18.2 Å². The fourth-order valence-electron chi connectivity index (χ4n) is 1.72. The lowest BCUT2D eigenvalue weighted by Gasteiger charge is -2.12. The van der Waals surface area contributed by atoms with Crippen LogP contribution in [0.3, 0.4) is 0 Å². The summed E-state index contributed by atoms with van der Waals surface area (Å²) in [7, 11) is 0. The topological polar surface area (TPSA) is 32.3 Å². The Morgan fingerprint density at radius 1 is 1.05 bits per heavy atom. The minimum absolute atomic E-state index is 0.118. The molecule has 0 bridgehead atoms. The van der Waals surface area contributed by atoms with Gasteiger partial charge in [0, 0.05) is 11.4 Å². The Hall–Kier alpha value is -2.17. The lowest BCUT2D eigenvalue weighted by atomic mass is 10.1. The second-order valence-corrected chi connectivity index (χ2v) is 4.20. The van der Waals surface area contributed by atoms with E-state index in [0.717, 1.165) is 17.7 Å². The van der Waals surface area contributed by atoms with E-state index in [0.29, 0.717) is 11.4 Å². The number of hydrogen-bond donors (Lipinski definition) is 2. The van der Waals surface area contributed by atoms with Crippen molar-refractivity contribution in [3.63, 3.8) is 0 Å². The van der Waals surface area contributed by atoms with Gasteiger partial charge in [0.25, 0.3) is 0 Å². The van der Waals surface area contributed by atoms with Crippen molar-refractivity contribution in [3.8, 4) is 5.75 Å². The van der Waals surface area contributed by atoms with Gasteiger partial charge >= 0.3 is 6.18 Å². The van der Waals surface area contributed by atoms with Gasteiger partial charge in [-0.25, -0.2) is 0 Å².